The van der Waals surface area contributed by atoms with Gasteiger partial charge in [0, 0.05) is 0 Å². The Balaban J connectivity index is 2.40. The van der Waals surface area contributed by atoms with Gasteiger partial charge in [0.05, 0.1) is 13.2 Å². The van der Waals surface area contributed by atoms with Crippen molar-refractivity contribution >= 4 is 0 Å². The van der Waals surface area contributed by atoms with E-state index in [1.54, 1.807) is 7.11 Å². The number of aryl methyl sites for hydroxylation is 2. The van der Waals surface area contributed by atoms with Crippen molar-refractivity contribution in [2.45, 2.75) is 19.9 Å². The summed E-state index contributed by atoms with van der Waals surface area (Å²) in [5, 5.41) is 0. The fourth-order valence-electron chi connectivity index (χ4n) is 2.17. The van der Waals surface area contributed by atoms with Gasteiger partial charge in [-0.1, -0.05) is 18.2 Å². The Morgan fingerprint density at radius 3 is 2.42 bits per heavy atom. The van der Waals surface area contributed by atoms with E-state index in [2.05, 4.69) is 0 Å². The third-order valence-electron chi connectivity index (χ3n) is 3.21. The van der Waals surface area contributed by atoms with Crippen LogP contribution in [0.1, 0.15) is 28.3 Å². The lowest BCUT2D eigenvalue weighted by molar-refractivity contribution is 0.411. The summed E-state index contributed by atoms with van der Waals surface area (Å²) in [5.74, 6) is 0.533. The van der Waals surface area contributed by atoms with Crippen LogP contribution in [0.4, 0.5) is 4.39 Å². The largest absolute Gasteiger partial charge is 0.496 e. The molecule has 2 nitrogen and oxygen atoms in total. The molecular weight excluding hydrogens is 241 g/mol. The zero-order chi connectivity index (χ0) is 14.0. The highest BCUT2D eigenvalue weighted by atomic mass is 19.1. The molecule has 1 atom stereocenters. The van der Waals surface area contributed by atoms with E-state index in [0.29, 0.717) is 0 Å². The molecule has 100 valence electrons. The van der Waals surface area contributed by atoms with Crippen LogP contribution >= 0.6 is 0 Å². The van der Waals surface area contributed by atoms with Crippen molar-refractivity contribution in [3.05, 3.63) is 64.5 Å². The first-order chi connectivity index (χ1) is 9.01. The van der Waals surface area contributed by atoms with Gasteiger partial charge >= 0.3 is 0 Å². The third-order valence-corrected chi connectivity index (χ3v) is 3.21. The number of hydrogen-bond donors (Lipinski definition) is 1. The Morgan fingerprint density at radius 2 is 1.79 bits per heavy atom. The lowest BCUT2D eigenvalue weighted by atomic mass is 9.97. The van der Waals surface area contributed by atoms with Gasteiger partial charge in [0.15, 0.2) is 0 Å². The number of methoxy groups -OCH3 is 1. The minimum Gasteiger partial charge on any atom is -0.496 e. The molecule has 0 aliphatic heterocycles. The Morgan fingerprint density at radius 1 is 1.05 bits per heavy atom. The first-order valence-electron chi connectivity index (χ1n) is 6.18. The molecule has 0 saturated heterocycles. The number of hydrogen-bond acceptors (Lipinski definition) is 2. The summed E-state index contributed by atoms with van der Waals surface area (Å²) in [7, 11) is 1.63. The van der Waals surface area contributed by atoms with E-state index >= 15 is 0 Å². The molecule has 0 amide bonds. The van der Waals surface area contributed by atoms with Gasteiger partial charge in [-0.15, -0.1) is 0 Å². The number of nitrogens with two attached hydrogens (primary N) is 1. The highest BCUT2D eigenvalue weighted by molar-refractivity contribution is 5.41. The van der Waals surface area contributed by atoms with Crippen molar-refractivity contribution in [2.75, 3.05) is 7.11 Å². The van der Waals surface area contributed by atoms with Crippen LogP contribution in [-0.2, 0) is 0 Å². The van der Waals surface area contributed by atoms with Crippen molar-refractivity contribution in [1.29, 1.82) is 0 Å². The Hall–Kier alpha value is -1.87. The maximum absolute atomic E-state index is 13.4. The fraction of sp³-hybridized carbons (Fsp3) is 0.250. The smallest absolute Gasteiger partial charge is 0.123 e. The van der Waals surface area contributed by atoms with E-state index in [1.165, 1.54) is 12.1 Å². The topological polar surface area (TPSA) is 35.2 Å². The molecule has 0 aromatic heterocycles. The first kappa shape index (κ1) is 13.6. The van der Waals surface area contributed by atoms with Crippen LogP contribution in [-0.4, -0.2) is 7.11 Å². The van der Waals surface area contributed by atoms with Crippen LogP contribution in [0, 0.1) is 19.7 Å². The minimum atomic E-state index is -0.358. The monoisotopic (exact) mass is 259 g/mol. The van der Waals surface area contributed by atoms with E-state index < -0.39 is 0 Å². The van der Waals surface area contributed by atoms with Gasteiger partial charge in [-0.2, -0.15) is 0 Å². The number of halogens is 1. The van der Waals surface area contributed by atoms with Crippen LogP contribution < -0.4 is 10.5 Å². The highest BCUT2D eigenvalue weighted by Crippen LogP contribution is 2.26. The lowest BCUT2D eigenvalue weighted by Gasteiger charge is -2.15. The molecule has 0 fully saturated rings. The average Bonchev–Trinajstić information content (AvgIpc) is 2.37. The van der Waals surface area contributed by atoms with Gasteiger partial charge in [0.2, 0.25) is 0 Å². The molecule has 2 aromatic carbocycles. The van der Waals surface area contributed by atoms with E-state index in [0.717, 1.165) is 28.0 Å². The zero-order valence-corrected chi connectivity index (χ0v) is 11.4. The van der Waals surface area contributed by atoms with Crippen LogP contribution in [0.25, 0.3) is 0 Å². The molecule has 0 aliphatic carbocycles. The number of benzene rings is 2. The standard InChI is InChI=1S/C16H18FNO/c1-10-6-13(8-14(17)7-10)16(18)12-5-4-11(2)15(9-12)19-3/h4-9,16H,18H2,1-3H3. The highest BCUT2D eigenvalue weighted by Gasteiger charge is 2.12. The van der Waals surface area contributed by atoms with Gasteiger partial charge in [0.1, 0.15) is 11.6 Å². The van der Waals surface area contributed by atoms with Crippen molar-refractivity contribution < 1.29 is 9.13 Å². The molecule has 2 rings (SSSR count). The molecule has 0 spiro atoms. The molecule has 19 heavy (non-hydrogen) atoms. The SMILES string of the molecule is COc1cc(C(N)c2cc(C)cc(F)c2)ccc1C. The maximum Gasteiger partial charge on any atom is 0.123 e. The normalized spacial score (nSPS) is 12.3. The molecular formula is C16H18FNO. The predicted molar refractivity (Wildman–Crippen MR) is 74.9 cm³/mol. The third kappa shape index (κ3) is 2.93. The van der Waals surface area contributed by atoms with Gasteiger partial charge in [0.25, 0.3) is 0 Å². The van der Waals surface area contributed by atoms with Crippen molar-refractivity contribution in [3.63, 3.8) is 0 Å². The van der Waals surface area contributed by atoms with Gasteiger partial charge in [-0.25, -0.2) is 4.39 Å². The molecule has 0 radical (unpaired) electrons. The lowest BCUT2D eigenvalue weighted by Crippen LogP contribution is -2.12. The Kier molecular flexibility index (Phi) is 3.86. The molecule has 0 saturated carbocycles. The average molecular weight is 259 g/mol. The summed E-state index contributed by atoms with van der Waals surface area (Å²) < 4.78 is 18.7. The summed E-state index contributed by atoms with van der Waals surface area (Å²) in [5.41, 5.74) is 9.80. The molecule has 2 N–H and O–H groups in total. The number of rotatable bonds is 3. The Labute approximate surface area is 113 Å². The second-order valence-electron chi connectivity index (χ2n) is 4.77. The van der Waals surface area contributed by atoms with Crippen LogP contribution in [0.5, 0.6) is 5.75 Å². The van der Waals surface area contributed by atoms with Gasteiger partial charge in [-0.3, -0.25) is 0 Å². The van der Waals surface area contributed by atoms with E-state index in [1.807, 2.05) is 38.1 Å². The summed E-state index contributed by atoms with van der Waals surface area (Å²) in [6.45, 7) is 3.83. The molecule has 2 aromatic rings. The van der Waals surface area contributed by atoms with Gasteiger partial charge in [-0.05, 0) is 54.3 Å². The maximum atomic E-state index is 13.4. The number of ether oxygens (including phenoxy) is 1. The molecule has 0 bridgehead atoms. The molecule has 0 aliphatic rings. The zero-order valence-electron chi connectivity index (χ0n) is 11.4. The summed E-state index contributed by atoms with van der Waals surface area (Å²) in [4.78, 5) is 0. The van der Waals surface area contributed by atoms with E-state index in [9.17, 15) is 4.39 Å². The van der Waals surface area contributed by atoms with Gasteiger partial charge < -0.3 is 10.5 Å². The first-order valence-corrected chi connectivity index (χ1v) is 6.18. The van der Waals surface area contributed by atoms with E-state index in [-0.39, 0.29) is 11.9 Å². The van der Waals surface area contributed by atoms with E-state index in [4.69, 9.17) is 10.5 Å². The van der Waals surface area contributed by atoms with Crippen molar-refractivity contribution in [3.8, 4) is 5.75 Å². The molecule has 0 heterocycles. The summed E-state index contributed by atoms with van der Waals surface area (Å²) in [6.07, 6.45) is 0. The summed E-state index contributed by atoms with van der Waals surface area (Å²) >= 11 is 0. The predicted octanol–water partition coefficient (Wildman–Crippen LogP) is 3.50. The minimum absolute atomic E-state index is 0.260. The Bertz CT molecular complexity index is 575. The summed E-state index contributed by atoms with van der Waals surface area (Å²) in [6, 6.07) is 10.3. The van der Waals surface area contributed by atoms with Crippen molar-refractivity contribution in [2.24, 2.45) is 5.73 Å². The van der Waals surface area contributed by atoms with Crippen LogP contribution in [0.2, 0.25) is 0 Å². The quantitative estimate of drug-likeness (QED) is 0.915. The van der Waals surface area contributed by atoms with Crippen LogP contribution in [0.3, 0.4) is 0 Å². The second-order valence-corrected chi connectivity index (χ2v) is 4.77. The molecule has 3 heteroatoms. The fourth-order valence-corrected chi connectivity index (χ4v) is 2.17. The van der Waals surface area contributed by atoms with Crippen LogP contribution in [0.15, 0.2) is 36.4 Å². The van der Waals surface area contributed by atoms with Crippen molar-refractivity contribution in [1.82, 2.24) is 0 Å². The molecule has 1 unspecified atom stereocenters. The second kappa shape index (κ2) is 5.41.